The molecule has 2 rings (SSSR count). The molecule has 0 aliphatic rings. The standard InChI is InChI=1S/C8H3Cl3N2O/c9-5-3-1-2-4(6(5)10)7-12-13-8(11)14-7/h1-3H. The van der Waals surface area contributed by atoms with Crippen LogP contribution in [0.15, 0.2) is 22.6 Å². The van der Waals surface area contributed by atoms with Crippen LogP contribution in [0.2, 0.25) is 15.4 Å². The van der Waals surface area contributed by atoms with Crippen molar-refractivity contribution in [2.24, 2.45) is 0 Å². The highest BCUT2D eigenvalue weighted by molar-refractivity contribution is 6.43. The zero-order chi connectivity index (χ0) is 10.1. The molecule has 0 fully saturated rings. The summed E-state index contributed by atoms with van der Waals surface area (Å²) in [6.45, 7) is 0. The van der Waals surface area contributed by atoms with E-state index in [2.05, 4.69) is 10.2 Å². The Kier molecular flexibility index (Phi) is 2.63. The second-order valence-electron chi connectivity index (χ2n) is 2.46. The average Bonchev–Trinajstić information content (AvgIpc) is 2.57. The number of aromatic nitrogens is 2. The maximum Gasteiger partial charge on any atom is 0.313 e. The van der Waals surface area contributed by atoms with Crippen molar-refractivity contribution in [2.75, 3.05) is 0 Å². The van der Waals surface area contributed by atoms with Gasteiger partial charge < -0.3 is 4.42 Å². The van der Waals surface area contributed by atoms with Crippen molar-refractivity contribution in [3.8, 4) is 11.5 Å². The molecule has 72 valence electrons. The molecule has 0 N–H and O–H groups in total. The highest BCUT2D eigenvalue weighted by atomic mass is 35.5. The van der Waals surface area contributed by atoms with E-state index in [1.54, 1.807) is 18.2 Å². The Morgan fingerprint density at radius 3 is 2.50 bits per heavy atom. The number of nitrogens with zero attached hydrogens (tertiary/aromatic N) is 2. The fourth-order valence-electron chi connectivity index (χ4n) is 0.983. The highest BCUT2D eigenvalue weighted by Crippen LogP contribution is 2.32. The minimum atomic E-state index is -0.0314. The van der Waals surface area contributed by atoms with Crippen molar-refractivity contribution in [3.05, 3.63) is 33.6 Å². The molecule has 1 aromatic heterocycles. The smallest absolute Gasteiger partial charge is 0.313 e. The lowest BCUT2D eigenvalue weighted by Gasteiger charge is -1.99. The normalized spacial score (nSPS) is 10.5. The Labute approximate surface area is 94.6 Å². The first-order valence-electron chi connectivity index (χ1n) is 3.62. The first kappa shape index (κ1) is 9.77. The minimum absolute atomic E-state index is 0.0314. The Hall–Kier alpha value is -0.770. The van der Waals surface area contributed by atoms with Gasteiger partial charge in [0.25, 0.3) is 5.89 Å². The highest BCUT2D eigenvalue weighted by Gasteiger charge is 2.12. The van der Waals surface area contributed by atoms with Crippen molar-refractivity contribution >= 4 is 34.8 Å². The zero-order valence-corrected chi connectivity index (χ0v) is 8.94. The zero-order valence-electron chi connectivity index (χ0n) is 6.67. The Balaban J connectivity index is 2.57. The summed E-state index contributed by atoms with van der Waals surface area (Å²) in [6, 6.07) is 5.13. The van der Waals surface area contributed by atoms with Crippen LogP contribution >= 0.6 is 34.8 Å². The summed E-state index contributed by atoms with van der Waals surface area (Å²) in [5.74, 6) is 0.252. The third-order valence-corrected chi connectivity index (χ3v) is 2.55. The molecule has 0 unspecified atom stereocenters. The van der Waals surface area contributed by atoms with Crippen LogP contribution in [0.5, 0.6) is 0 Å². The predicted molar refractivity (Wildman–Crippen MR) is 54.8 cm³/mol. The van der Waals surface area contributed by atoms with Gasteiger partial charge in [-0.2, -0.15) is 0 Å². The van der Waals surface area contributed by atoms with E-state index in [1.807, 2.05) is 0 Å². The van der Waals surface area contributed by atoms with Crippen LogP contribution in [-0.2, 0) is 0 Å². The lowest BCUT2D eigenvalue weighted by molar-refractivity contribution is 0.571. The van der Waals surface area contributed by atoms with Gasteiger partial charge in [0, 0.05) is 0 Å². The van der Waals surface area contributed by atoms with Gasteiger partial charge in [-0.25, -0.2) is 0 Å². The Bertz CT molecular complexity index is 469. The van der Waals surface area contributed by atoms with E-state index in [4.69, 9.17) is 39.2 Å². The molecule has 0 atom stereocenters. The van der Waals surface area contributed by atoms with E-state index in [0.717, 1.165) is 0 Å². The van der Waals surface area contributed by atoms with Crippen molar-refractivity contribution in [1.29, 1.82) is 0 Å². The van der Waals surface area contributed by atoms with Crippen molar-refractivity contribution in [1.82, 2.24) is 10.2 Å². The molecule has 0 radical (unpaired) electrons. The van der Waals surface area contributed by atoms with E-state index in [0.29, 0.717) is 15.6 Å². The summed E-state index contributed by atoms with van der Waals surface area (Å²) in [4.78, 5) is 0. The summed E-state index contributed by atoms with van der Waals surface area (Å²) >= 11 is 17.2. The second kappa shape index (κ2) is 3.77. The first-order chi connectivity index (χ1) is 6.68. The van der Waals surface area contributed by atoms with Crippen LogP contribution in [0.4, 0.5) is 0 Å². The second-order valence-corrected chi connectivity index (χ2v) is 3.57. The molecule has 1 aromatic carbocycles. The molecule has 1 heterocycles. The third-order valence-electron chi connectivity index (χ3n) is 1.58. The summed E-state index contributed by atoms with van der Waals surface area (Å²) in [7, 11) is 0. The largest absolute Gasteiger partial charge is 0.407 e. The van der Waals surface area contributed by atoms with Gasteiger partial charge in [0.1, 0.15) is 0 Å². The molecule has 2 aromatic rings. The van der Waals surface area contributed by atoms with Gasteiger partial charge in [-0.1, -0.05) is 34.4 Å². The van der Waals surface area contributed by atoms with Crippen LogP contribution in [-0.4, -0.2) is 10.2 Å². The third kappa shape index (κ3) is 1.71. The predicted octanol–water partition coefficient (Wildman–Crippen LogP) is 3.70. The van der Waals surface area contributed by atoms with Crippen molar-refractivity contribution in [2.45, 2.75) is 0 Å². The van der Waals surface area contributed by atoms with E-state index in [1.165, 1.54) is 0 Å². The van der Waals surface area contributed by atoms with Crippen LogP contribution in [0.3, 0.4) is 0 Å². The molecule has 0 bridgehead atoms. The molecule has 3 nitrogen and oxygen atoms in total. The summed E-state index contributed by atoms with van der Waals surface area (Å²) in [6.07, 6.45) is 0. The number of benzene rings is 1. The van der Waals surface area contributed by atoms with E-state index in [9.17, 15) is 0 Å². The maximum atomic E-state index is 5.93. The molecule has 0 saturated carbocycles. The Morgan fingerprint density at radius 2 is 1.86 bits per heavy atom. The van der Waals surface area contributed by atoms with E-state index in [-0.39, 0.29) is 11.2 Å². The number of halogens is 3. The van der Waals surface area contributed by atoms with Gasteiger partial charge >= 0.3 is 5.35 Å². The molecule has 0 aliphatic heterocycles. The van der Waals surface area contributed by atoms with Crippen molar-refractivity contribution < 1.29 is 4.42 Å². The molecule has 6 heteroatoms. The molecule has 0 aliphatic carbocycles. The lowest BCUT2D eigenvalue weighted by atomic mass is 10.2. The number of rotatable bonds is 1. The fraction of sp³-hybridized carbons (Fsp3) is 0. The van der Waals surface area contributed by atoms with Gasteiger partial charge in [-0.05, 0) is 23.7 Å². The molecular weight excluding hydrogens is 246 g/mol. The maximum absolute atomic E-state index is 5.93. The van der Waals surface area contributed by atoms with Crippen LogP contribution < -0.4 is 0 Å². The van der Waals surface area contributed by atoms with Crippen molar-refractivity contribution in [3.63, 3.8) is 0 Å². The van der Waals surface area contributed by atoms with E-state index < -0.39 is 0 Å². The summed E-state index contributed by atoms with van der Waals surface area (Å²) in [5.41, 5.74) is 0.568. The van der Waals surface area contributed by atoms with Crippen LogP contribution in [0.1, 0.15) is 0 Å². The van der Waals surface area contributed by atoms with Gasteiger partial charge in [0.2, 0.25) is 0 Å². The first-order valence-corrected chi connectivity index (χ1v) is 4.75. The number of hydrogen-bond donors (Lipinski definition) is 0. The average molecular weight is 249 g/mol. The van der Waals surface area contributed by atoms with Gasteiger partial charge in [-0.15, -0.1) is 5.10 Å². The van der Waals surface area contributed by atoms with E-state index >= 15 is 0 Å². The SMILES string of the molecule is Clc1nnc(-c2cccc(Cl)c2Cl)o1. The Morgan fingerprint density at radius 1 is 1.07 bits per heavy atom. The molecular formula is C8H3Cl3N2O. The molecule has 0 spiro atoms. The topological polar surface area (TPSA) is 38.9 Å². The van der Waals surface area contributed by atoms with Crippen LogP contribution in [0, 0.1) is 0 Å². The fourth-order valence-corrected chi connectivity index (χ4v) is 1.48. The summed E-state index contributed by atoms with van der Waals surface area (Å²) < 4.78 is 5.01. The summed E-state index contributed by atoms with van der Waals surface area (Å²) in [5, 5.41) is 7.97. The van der Waals surface area contributed by atoms with Gasteiger partial charge in [0.15, 0.2) is 0 Å². The molecule has 14 heavy (non-hydrogen) atoms. The van der Waals surface area contributed by atoms with Gasteiger partial charge in [0.05, 0.1) is 15.6 Å². The lowest BCUT2D eigenvalue weighted by Crippen LogP contribution is -1.80. The quantitative estimate of drug-likeness (QED) is 0.773. The van der Waals surface area contributed by atoms with Gasteiger partial charge in [-0.3, -0.25) is 0 Å². The number of hydrogen-bond acceptors (Lipinski definition) is 3. The monoisotopic (exact) mass is 248 g/mol. The molecule has 0 amide bonds. The minimum Gasteiger partial charge on any atom is -0.407 e. The molecule has 0 saturated heterocycles. The van der Waals surface area contributed by atoms with Crippen LogP contribution in [0.25, 0.3) is 11.5 Å².